The molecule has 0 aliphatic heterocycles. The summed E-state index contributed by atoms with van der Waals surface area (Å²) in [6.45, 7) is 4.10. The first-order valence-corrected chi connectivity index (χ1v) is 7.39. The lowest BCUT2D eigenvalue weighted by atomic mass is 10.1. The Morgan fingerprint density at radius 3 is 2.75 bits per heavy atom. The summed E-state index contributed by atoms with van der Waals surface area (Å²) in [4.78, 5) is 17.3. The normalized spacial score (nSPS) is 10.9. The first-order chi connectivity index (χ1) is 9.67. The van der Waals surface area contributed by atoms with Gasteiger partial charge in [-0.3, -0.25) is 9.20 Å². The van der Waals surface area contributed by atoms with Gasteiger partial charge >= 0.3 is 0 Å². The topological polar surface area (TPSA) is 46.4 Å². The van der Waals surface area contributed by atoms with Crippen LogP contribution in [-0.2, 0) is 6.42 Å². The number of aromatic nitrogens is 2. The van der Waals surface area contributed by atoms with E-state index in [1.807, 2.05) is 41.0 Å². The zero-order valence-corrected chi connectivity index (χ0v) is 12.2. The summed E-state index contributed by atoms with van der Waals surface area (Å²) >= 11 is 1.54. The number of rotatable bonds is 3. The number of anilines is 1. The molecule has 5 heteroatoms. The Balaban J connectivity index is 1.80. The minimum Gasteiger partial charge on any atom is -0.321 e. The van der Waals surface area contributed by atoms with Gasteiger partial charge in [-0.05, 0) is 31.0 Å². The van der Waals surface area contributed by atoms with E-state index in [1.165, 1.54) is 16.9 Å². The molecule has 4 nitrogen and oxygen atoms in total. The maximum Gasteiger partial charge on any atom is 0.275 e. The van der Waals surface area contributed by atoms with Gasteiger partial charge in [0.1, 0.15) is 5.69 Å². The van der Waals surface area contributed by atoms with Crippen molar-refractivity contribution in [3.63, 3.8) is 0 Å². The lowest BCUT2D eigenvalue weighted by Crippen LogP contribution is -2.12. The van der Waals surface area contributed by atoms with Gasteiger partial charge in [0.05, 0.1) is 0 Å². The molecule has 0 saturated heterocycles. The highest BCUT2D eigenvalue weighted by molar-refractivity contribution is 7.15. The van der Waals surface area contributed by atoms with Crippen LogP contribution in [0, 0.1) is 6.92 Å². The van der Waals surface area contributed by atoms with Crippen molar-refractivity contribution >= 4 is 27.9 Å². The van der Waals surface area contributed by atoms with Crippen molar-refractivity contribution in [3.05, 3.63) is 52.8 Å². The van der Waals surface area contributed by atoms with Crippen LogP contribution < -0.4 is 5.32 Å². The molecule has 0 fully saturated rings. The number of aryl methyl sites for hydroxylation is 2. The molecule has 0 aliphatic rings. The van der Waals surface area contributed by atoms with Crippen LogP contribution in [0.5, 0.6) is 0 Å². The van der Waals surface area contributed by atoms with Gasteiger partial charge in [0.25, 0.3) is 5.91 Å². The highest BCUT2D eigenvalue weighted by Crippen LogP contribution is 2.17. The second-order valence-corrected chi connectivity index (χ2v) is 5.50. The number of imidazole rings is 1. The maximum atomic E-state index is 12.2. The molecule has 1 amide bonds. The molecular formula is C15H15N3OS. The highest BCUT2D eigenvalue weighted by Gasteiger charge is 2.12. The van der Waals surface area contributed by atoms with Crippen molar-refractivity contribution in [2.45, 2.75) is 20.3 Å². The van der Waals surface area contributed by atoms with Crippen molar-refractivity contribution < 1.29 is 4.79 Å². The predicted molar refractivity (Wildman–Crippen MR) is 81.6 cm³/mol. The molecule has 20 heavy (non-hydrogen) atoms. The number of hydrogen-bond acceptors (Lipinski definition) is 3. The number of carbonyl (C=O) groups is 1. The Morgan fingerprint density at radius 2 is 2.10 bits per heavy atom. The van der Waals surface area contributed by atoms with Crippen LogP contribution in [0.4, 0.5) is 5.69 Å². The first kappa shape index (κ1) is 12.9. The number of nitrogens with zero attached hydrogens (tertiary/aromatic N) is 2. The van der Waals surface area contributed by atoms with Crippen LogP contribution >= 0.6 is 11.3 Å². The first-order valence-electron chi connectivity index (χ1n) is 6.51. The van der Waals surface area contributed by atoms with Gasteiger partial charge in [-0.25, -0.2) is 4.98 Å². The van der Waals surface area contributed by atoms with E-state index in [1.54, 1.807) is 6.20 Å². The van der Waals surface area contributed by atoms with E-state index in [9.17, 15) is 4.79 Å². The van der Waals surface area contributed by atoms with Gasteiger partial charge in [0.15, 0.2) is 4.96 Å². The van der Waals surface area contributed by atoms with Gasteiger partial charge in [-0.1, -0.05) is 19.1 Å². The van der Waals surface area contributed by atoms with E-state index in [0.29, 0.717) is 5.69 Å². The molecular weight excluding hydrogens is 270 g/mol. The summed E-state index contributed by atoms with van der Waals surface area (Å²) in [5.74, 6) is -0.176. The number of nitrogens with one attached hydrogen (secondary N) is 1. The van der Waals surface area contributed by atoms with Crippen LogP contribution in [-0.4, -0.2) is 15.3 Å². The summed E-state index contributed by atoms with van der Waals surface area (Å²) in [7, 11) is 0. The Kier molecular flexibility index (Phi) is 3.28. The lowest BCUT2D eigenvalue weighted by molar-refractivity contribution is 0.102. The molecule has 0 aliphatic carbocycles. The van der Waals surface area contributed by atoms with Gasteiger partial charge < -0.3 is 5.32 Å². The fourth-order valence-electron chi connectivity index (χ4n) is 2.02. The number of amides is 1. The van der Waals surface area contributed by atoms with Crippen molar-refractivity contribution in [1.29, 1.82) is 0 Å². The second kappa shape index (κ2) is 5.09. The van der Waals surface area contributed by atoms with Crippen molar-refractivity contribution in [2.75, 3.05) is 5.32 Å². The summed E-state index contributed by atoms with van der Waals surface area (Å²) in [5.41, 5.74) is 3.57. The summed E-state index contributed by atoms with van der Waals surface area (Å²) in [5, 5.41) is 4.89. The molecule has 0 bridgehead atoms. The summed E-state index contributed by atoms with van der Waals surface area (Å²) < 4.78 is 1.93. The monoisotopic (exact) mass is 285 g/mol. The Hall–Kier alpha value is -2.14. The molecule has 3 aromatic rings. The third kappa shape index (κ3) is 2.32. The SMILES string of the molecule is CCc1ccc(NC(=O)c2cn3c(C)csc3n2)cc1. The summed E-state index contributed by atoms with van der Waals surface area (Å²) in [6.07, 6.45) is 2.77. The number of fused-ring (bicyclic) bond motifs is 1. The average molecular weight is 285 g/mol. The molecule has 3 rings (SSSR count). The molecule has 2 heterocycles. The third-order valence-electron chi connectivity index (χ3n) is 3.24. The molecule has 0 unspecified atom stereocenters. The minimum atomic E-state index is -0.176. The van der Waals surface area contributed by atoms with Crippen LogP contribution in [0.1, 0.15) is 28.7 Å². The fourth-order valence-corrected chi connectivity index (χ4v) is 2.87. The molecule has 0 radical (unpaired) electrons. The Morgan fingerprint density at radius 1 is 1.35 bits per heavy atom. The summed E-state index contributed by atoms with van der Waals surface area (Å²) in [6, 6.07) is 7.87. The second-order valence-electron chi connectivity index (χ2n) is 4.66. The molecule has 102 valence electrons. The van der Waals surface area contributed by atoms with E-state index in [0.717, 1.165) is 22.8 Å². The quantitative estimate of drug-likeness (QED) is 0.800. The number of thiazole rings is 1. The van der Waals surface area contributed by atoms with Crippen molar-refractivity contribution in [3.8, 4) is 0 Å². The number of hydrogen-bond donors (Lipinski definition) is 1. The molecule has 0 atom stereocenters. The molecule has 0 saturated carbocycles. The smallest absolute Gasteiger partial charge is 0.275 e. The number of benzene rings is 1. The van der Waals surface area contributed by atoms with Gasteiger partial charge in [0.2, 0.25) is 0 Å². The largest absolute Gasteiger partial charge is 0.321 e. The molecule has 1 N–H and O–H groups in total. The van der Waals surface area contributed by atoms with Gasteiger partial charge in [-0.2, -0.15) is 0 Å². The molecule has 2 aromatic heterocycles. The predicted octanol–water partition coefficient (Wildman–Crippen LogP) is 3.52. The van der Waals surface area contributed by atoms with Crippen LogP contribution in [0.3, 0.4) is 0 Å². The number of carbonyl (C=O) groups excluding carboxylic acids is 1. The van der Waals surface area contributed by atoms with Crippen molar-refractivity contribution in [1.82, 2.24) is 9.38 Å². The third-order valence-corrected chi connectivity index (χ3v) is 4.20. The Labute approximate surface area is 121 Å². The van der Waals surface area contributed by atoms with Crippen LogP contribution in [0.2, 0.25) is 0 Å². The van der Waals surface area contributed by atoms with E-state index in [2.05, 4.69) is 17.2 Å². The van der Waals surface area contributed by atoms with E-state index < -0.39 is 0 Å². The highest BCUT2D eigenvalue weighted by atomic mass is 32.1. The van der Waals surface area contributed by atoms with Crippen molar-refractivity contribution in [2.24, 2.45) is 0 Å². The van der Waals surface area contributed by atoms with Gasteiger partial charge in [-0.15, -0.1) is 11.3 Å². The van der Waals surface area contributed by atoms with E-state index in [-0.39, 0.29) is 5.91 Å². The molecule has 1 aromatic carbocycles. The average Bonchev–Trinajstić information content (AvgIpc) is 3.02. The molecule has 0 spiro atoms. The van der Waals surface area contributed by atoms with Crippen LogP contribution in [0.25, 0.3) is 4.96 Å². The van der Waals surface area contributed by atoms with E-state index >= 15 is 0 Å². The standard InChI is InChI=1S/C15H15N3OS/c1-3-11-4-6-12(7-5-11)16-14(19)13-8-18-10(2)9-20-15(18)17-13/h4-9H,3H2,1-2H3,(H,16,19). The zero-order valence-electron chi connectivity index (χ0n) is 11.4. The van der Waals surface area contributed by atoms with E-state index in [4.69, 9.17) is 0 Å². The zero-order chi connectivity index (χ0) is 14.1. The van der Waals surface area contributed by atoms with Gasteiger partial charge in [0, 0.05) is 23.0 Å². The fraction of sp³-hybridized carbons (Fsp3) is 0.200. The van der Waals surface area contributed by atoms with Crippen LogP contribution in [0.15, 0.2) is 35.8 Å². The Bertz CT molecular complexity index is 755. The minimum absolute atomic E-state index is 0.176. The lowest BCUT2D eigenvalue weighted by Gasteiger charge is -2.03. The maximum absolute atomic E-state index is 12.2.